The lowest BCUT2D eigenvalue weighted by Gasteiger charge is -2.23. The molecule has 2 amide bonds. The van der Waals surface area contributed by atoms with Gasteiger partial charge >= 0.3 is 5.97 Å². The second-order valence-corrected chi connectivity index (χ2v) is 6.47. The molecule has 0 radical (unpaired) electrons. The van der Waals surface area contributed by atoms with Gasteiger partial charge in [-0.05, 0) is 36.4 Å². The third kappa shape index (κ3) is 3.57. The Morgan fingerprint density at radius 2 is 1.83 bits per heavy atom. The van der Waals surface area contributed by atoms with Gasteiger partial charge in [0.15, 0.2) is 0 Å². The average molecular weight is 342 g/mol. The molecule has 0 spiro atoms. The maximum atomic E-state index is 12.1. The van der Waals surface area contributed by atoms with Gasteiger partial charge in [0, 0.05) is 17.0 Å². The number of aromatic carboxylic acids is 1. The summed E-state index contributed by atoms with van der Waals surface area (Å²) >= 11 is 1.36. The number of para-hydroxylation sites is 1. The molecule has 3 rings (SSSR count). The van der Waals surface area contributed by atoms with Gasteiger partial charge in [-0.2, -0.15) is 0 Å². The van der Waals surface area contributed by atoms with Crippen molar-refractivity contribution < 1.29 is 19.5 Å². The average Bonchev–Trinajstić information content (AvgIpc) is 2.56. The maximum Gasteiger partial charge on any atom is 0.335 e. The molecule has 0 aliphatic carbocycles. The number of thioether (sulfide) groups is 1. The lowest BCUT2D eigenvalue weighted by Crippen LogP contribution is -2.32. The number of carboxylic acids is 1. The molecule has 3 N–H and O–H groups in total. The van der Waals surface area contributed by atoms with Crippen molar-refractivity contribution in [3.05, 3.63) is 54.1 Å². The number of benzene rings is 2. The predicted molar refractivity (Wildman–Crippen MR) is 91.4 cm³/mol. The molecule has 6 nitrogen and oxygen atoms in total. The van der Waals surface area contributed by atoms with Gasteiger partial charge in [0.1, 0.15) is 0 Å². The molecule has 2 aromatic carbocycles. The summed E-state index contributed by atoms with van der Waals surface area (Å²) in [5.41, 5.74) is 1.40. The third-order valence-corrected chi connectivity index (χ3v) is 4.77. The van der Waals surface area contributed by atoms with E-state index in [1.165, 1.54) is 36.0 Å². The Morgan fingerprint density at radius 3 is 2.54 bits per heavy atom. The highest BCUT2D eigenvalue weighted by atomic mass is 32.2. The van der Waals surface area contributed by atoms with Gasteiger partial charge in [-0.25, -0.2) is 4.79 Å². The Kier molecular flexibility index (Phi) is 4.52. The monoisotopic (exact) mass is 342 g/mol. The Bertz CT molecular complexity index is 804. The van der Waals surface area contributed by atoms with Gasteiger partial charge in [0.2, 0.25) is 11.8 Å². The molecule has 0 unspecified atom stereocenters. The zero-order valence-electron chi connectivity index (χ0n) is 12.5. The number of carbonyl (C=O) groups is 3. The minimum absolute atomic E-state index is 0.0333. The standard InChI is InChI=1S/C17H14N2O4S/c20-15(18-11-7-5-10(6-8-11)17(22)23)9-14-16(21)19-12-3-1-2-4-13(12)24-14/h1-8,14H,9H2,(H,18,20)(H,19,21)(H,22,23)/t14-/m1/s1. The molecule has 1 heterocycles. The number of fused-ring (bicyclic) bond motifs is 1. The molecular weight excluding hydrogens is 328 g/mol. The summed E-state index contributed by atoms with van der Waals surface area (Å²) in [5.74, 6) is -1.53. The fourth-order valence-corrected chi connectivity index (χ4v) is 3.41. The van der Waals surface area contributed by atoms with E-state index in [0.717, 1.165) is 10.6 Å². The van der Waals surface area contributed by atoms with Crippen molar-refractivity contribution in [2.45, 2.75) is 16.6 Å². The Hall–Kier alpha value is -2.80. The zero-order chi connectivity index (χ0) is 17.1. The van der Waals surface area contributed by atoms with Crippen molar-refractivity contribution in [1.29, 1.82) is 0 Å². The summed E-state index contributed by atoms with van der Waals surface area (Å²) in [6, 6.07) is 13.3. The highest BCUT2D eigenvalue weighted by Crippen LogP contribution is 2.36. The minimum Gasteiger partial charge on any atom is -0.478 e. The molecule has 1 atom stereocenters. The van der Waals surface area contributed by atoms with Gasteiger partial charge in [-0.3, -0.25) is 9.59 Å². The van der Waals surface area contributed by atoms with Gasteiger partial charge in [0.05, 0.1) is 16.5 Å². The summed E-state index contributed by atoms with van der Waals surface area (Å²) in [4.78, 5) is 36.0. The Labute approximate surface area is 142 Å². The molecule has 2 aromatic rings. The van der Waals surface area contributed by atoms with Crippen LogP contribution in [0.25, 0.3) is 0 Å². The first kappa shape index (κ1) is 16.1. The van der Waals surface area contributed by atoms with E-state index >= 15 is 0 Å². The van der Waals surface area contributed by atoms with E-state index < -0.39 is 11.2 Å². The molecule has 1 aliphatic heterocycles. The van der Waals surface area contributed by atoms with E-state index in [9.17, 15) is 14.4 Å². The summed E-state index contributed by atoms with van der Waals surface area (Å²) in [7, 11) is 0. The Balaban J connectivity index is 1.63. The second kappa shape index (κ2) is 6.76. The van der Waals surface area contributed by atoms with Crippen molar-refractivity contribution in [1.82, 2.24) is 0 Å². The first-order chi connectivity index (χ1) is 11.5. The van der Waals surface area contributed by atoms with Crippen LogP contribution in [0.15, 0.2) is 53.4 Å². The lowest BCUT2D eigenvalue weighted by atomic mass is 10.2. The van der Waals surface area contributed by atoms with Gasteiger partial charge in [0.25, 0.3) is 0 Å². The summed E-state index contributed by atoms with van der Waals surface area (Å²) in [6.45, 7) is 0. The molecule has 0 bridgehead atoms. The van der Waals surface area contributed by atoms with Crippen molar-refractivity contribution in [3.63, 3.8) is 0 Å². The fourth-order valence-electron chi connectivity index (χ4n) is 2.30. The van der Waals surface area contributed by atoms with Crippen molar-refractivity contribution in [2.24, 2.45) is 0 Å². The molecule has 0 saturated carbocycles. The van der Waals surface area contributed by atoms with Crippen LogP contribution in [0.5, 0.6) is 0 Å². The topological polar surface area (TPSA) is 95.5 Å². The van der Waals surface area contributed by atoms with E-state index in [4.69, 9.17) is 5.11 Å². The number of hydrogen-bond acceptors (Lipinski definition) is 4. The molecule has 0 fully saturated rings. The first-order valence-corrected chi connectivity index (χ1v) is 8.10. The summed E-state index contributed by atoms with van der Waals surface area (Å²) < 4.78 is 0. The quantitative estimate of drug-likeness (QED) is 0.794. The number of anilines is 2. The maximum absolute atomic E-state index is 12.1. The van der Waals surface area contributed by atoms with Crippen LogP contribution >= 0.6 is 11.8 Å². The number of carboxylic acid groups (broad SMARTS) is 1. The summed E-state index contributed by atoms with van der Waals surface area (Å²) in [5, 5.41) is 13.8. The third-order valence-electron chi connectivity index (χ3n) is 3.49. The number of rotatable bonds is 4. The first-order valence-electron chi connectivity index (χ1n) is 7.22. The van der Waals surface area contributed by atoms with Crippen LogP contribution in [0, 0.1) is 0 Å². The summed E-state index contributed by atoms with van der Waals surface area (Å²) in [6.07, 6.45) is 0.0333. The largest absolute Gasteiger partial charge is 0.478 e. The van der Waals surface area contributed by atoms with Crippen LogP contribution in [0.2, 0.25) is 0 Å². The highest BCUT2D eigenvalue weighted by molar-refractivity contribution is 8.01. The van der Waals surface area contributed by atoms with Crippen LogP contribution in [0.1, 0.15) is 16.8 Å². The zero-order valence-corrected chi connectivity index (χ0v) is 13.3. The van der Waals surface area contributed by atoms with Gasteiger partial charge in [-0.15, -0.1) is 11.8 Å². The normalized spacial score (nSPS) is 16.0. The minimum atomic E-state index is -1.03. The second-order valence-electron chi connectivity index (χ2n) is 5.23. The molecular formula is C17H14N2O4S. The molecule has 7 heteroatoms. The number of amides is 2. The fraction of sp³-hybridized carbons (Fsp3) is 0.118. The lowest BCUT2D eigenvalue weighted by molar-refractivity contribution is -0.120. The van der Waals surface area contributed by atoms with Crippen LogP contribution in [0.4, 0.5) is 11.4 Å². The highest BCUT2D eigenvalue weighted by Gasteiger charge is 2.28. The van der Waals surface area contributed by atoms with Crippen LogP contribution in [-0.2, 0) is 9.59 Å². The van der Waals surface area contributed by atoms with E-state index in [1.54, 1.807) is 0 Å². The molecule has 0 saturated heterocycles. The van der Waals surface area contributed by atoms with E-state index in [2.05, 4.69) is 10.6 Å². The van der Waals surface area contributed by atoms with Crippen molar-refractivity contribution >= 4 is 40.9 Å². The van der Waals surface area contributed by atoms with Gasteiger partial charge in [-0.1, -0.05) is 12.1 Å². The van der Waals surface area contributed by atoms with Crippen LogP contribution in [0.3, 0.4) is 0 Å². The molecule has 24 heavy (non-hydrogen) atoms. The van der Waals surface area contributed by atoms with E-state index in [0.29, 0.717) is 5.69 Å². The number of hydrogen-bond donors (Lipinski definition) is 3. The predicted octanol–water partition coefficient (Wildman–Crippen LogP) is 2.83. The molecule has 0 aromatic heterocycles. The molecule has 122 valence electrons. The van der Waals surface area contributed by atoms with E-state index in [1.807, 2.05) is 24.3 Å². The smallest absolute Gasteiger partial charge is 0.335 e. The van der Waals surface area contributed by atoms with Crippen molar-refractivity contribution in [2.75, 3.05) is 10.6 Å². The number of carbonyl (C=O) groups excluding carboxylic acids is 2. The van der Waals surface area contributed by atoms with E-state index in [-0.39, 0.29) is 23.8 Å². The van der Waals surface area contributed by atoms with Gasteiger partial charge < -0.3 is 15.7 Å². The van der Waals surface area contributed by atoms with Crippen molar-refractivity contribution in [3.8, 4) is 0 Å². The SMILES string of the molecule is O=C(C[C@H]1Sc2ccccc2NC1=O)Nc1ccc(C(=O)O)cc1. The number of nitrogens with one attached hydrogen (secondary N) is 2. The van der Waals surface area contributed by atoms with Crippen LogP contribution < -0.4 is 10.6 Å². The Morgan fingerprint density at radius 1 is 1.12 bits per heavy atom. The molecule has 1 aliphatic rings. The van der Waals surface area contributed by atoms with Crippen LogP contribution in [-0.4, -0.2) is 28.1 Å².